The summed E-state index contributed by atoms with van der Waals surface area (Å²) in [6.45, 7) is 0. The third kappa shape index (κ3) is 2.25. The zero-order chi connectivity index (χ0) is 12.7. The first-order valence-electron chi connectivity index (χ1n) is 5.53. The standard InChI is InChI=1S/C13H10Br2O2S/c14-8-5-12(18-13(8)15)11-6-9(16)7-3-1-2-4-10(7)17-11/h1-5,9,11,16H,6H2. The maximum Gasteiger partial charge on any atom is 0.136 e. The number of hydrogen-bond acceptors (Lipinski definition) is 3. The molecule has 2 aromatic rings. The van der Waals surface area contributed by atoms with Crippen molar-refractivity contribution >= 4 is 43.2 Å². The van der Waals surface area contributed by atoms with Crippen LogP contribution in [-0.2, 0) is 0 Å². The molecule has 0 fully saturated rings. The smallest absolute Gasteiger partial charge is 0.136 e. The molecule has 2 atom stereocenters. The number of thiophene rings is 1. The van der Waals surface area contributed by atoms with Crippen LogP contribution in [0.3, 0.4) is 0 Å². The fraction of sp³-hybridized carbons (Fsp3) is 0.231. The SMILES string of the molecule is OC1CC(c2cc(Br)c(Br)s2)Oc2ccccc21. The number of fused-ring (bicyclic) bond motifs is 1. The van der Waals surface area contributed by atoms with Gasteiger partial charge in [-0.15, -0.1) is 11.3 Å². The quantitative estimate of drug-likeness (QED) is 0.756. The second-order valence-corrected chi connectivity index (χ2v) is 7.42. The normalized spacial score (nSPS) is 22.4. The van der Waals surface area contributed by atoms with Crippen LogP contribution in [-0.4, -0.2) is 5.11 Å². The van der Waals surface area contributed by atoms with Crippen molar-refractivity contribution in [3.05, 3.63) is 49.0 Å². The second kappa shape index (κ2) is 4.96. The predicted molar refractivity (Wildman–Crippen MR) is 79.1 cm³/mol. The molecule has 2 heterocycles. The molecule has 0 radical (unpaired) electrons. The van der Waals surface area contributed by atoms with Crippen molar-refractivity contribution in [1.82, 2.24) is 0 Å². The highest BCUT2D eigenvalue weighted by Gasteiger charge is 2.29. The first kappa shape index (κ1) is 12.7. The third-order valence-corrected chi connectivity index (χ3v) is 6.31. The van der Waals surface area contributed by atoms with Gasteiger partial charge in [0, 0.05) is 21.3 Å². The molecule has 18 heavy (non-hydrogen) atoms. The Morgan fingerprint density at radius 3 is 2.78 bits per heavy atom. The molecule has 0 saturated carbocycles. The van der Waals surface area contributed by atoms with Gasteiger partial charge in [0.15, 0.2) is 0 Å². The molecule has 0 aliphatic carbocycles. The largest absolute Gasteiger partial charge is 0.484 e. The van der Waals surface area contributed by atoms with Crippen LogP contribution in [0.4, 0.5) is 0 Å². The van der Waals surface area contributed by atoms with Gasteiger partial charge in [-0.25, -0.2) is 0 Å². The van der Waals surface area contributed by atoms with Crippen LogP contribution in [0.25, 0.3) is 0 Å². The molecule has 94 valence electrons. The van der Waals surface area contributed by atoms with Crippen LogP contribution in [0.2, 0.25) is 0 Å². The number of aliphatic hydroxyl groups excluding tert-OH is 1. The lowest BCUT2D eigenvalue weighted by Crippen LogP contribution is -2.18. The molecule has 0 amide bonds. The number of benzene rings is 1. The topological polar surface area (TPSA) is 29.5 Å². The van der Waals surface area contributed by atoms with Gasteiger partial charge in [-0.05, 0) is 44.0 Å². The van der Waals surface area contributed by atoms with Gasteiger partial charge in [0.05, 0.1) is 9.89 Å². The predicted octanol–water partition coefficient (Wildman–Crippen LogP) is 4.83. The van der Waals surface area contributed by atoms with Gasteiger partial charge >= 0.3 is 0 Å². The van der Waals surface area contributed by atoms with Crippen molar-refractivity contribution < 1.29 is 9.84 Å². The molecule has 0 bridgehead atoms. The summed E-state index contributed by atoms with van der Waals surface area (Å²) in [6.07, 6.45) is 0.0539. The van der Waals surface area contributed by atoms with E-state index >= 15 is 0 Å². The first-order valence-corrected chi connectivity index (χ1v) is 7.94. The lowest BCUT2D eigenvalue weighted by Gasteiger charge is -2.28. The van der Waals surface area contributed by atoms with E-state index in [9.17, 15) is 5.11 Å². The minimum absolute atomic E-state index is 0.0810. The highest BCUT2D eigenvalue weighted by atomic mass is 79.9. The number of ether oxygens (including phenoxy) is 1. The van der Waals surface area contributed by atoms with Crippen LogP contribution in [0.1, 0.15) is 29.1 Å². The van der Waals surface area contributed by atoms with Crippen molar-refractivity contribution in [3.63, 3.8) is 0 Å². The van der Waals surface area contributed by atoms with Gasteiger partial charge in [0.1, 0.15) is 11.9 Å². The van der Waals surface area contributed by atoms with Crippen molar-refractivity contribution in [2.45, 2.75) is 18.6 Å². The monoisotopic (exact) mass is 388 g/mol. The van der Waals surface area contributed by atoms with Gasteiger partial charge in [0.25, 0.3) is 0 Å². The molecule has 2 unspecified atom stereocenters. The molecule has 1 N–H and O–H groups in total. The lowest BCUT2D eigenvalue weighted by molar-refractivity contribution is 0.0674. The Bertz CT molecular complexity index is 563. The Labute approximate surface area is 126 Å². The van der Waals surface area contributed by atoms with E-state index in [4.69, 9.17) is 4.74 Å². The van der Waals surface area contributed by atoms with Crippen molar-refractivity contribution in [1.29, 1.82) is 0 Å². The molecule has 2 nitrogen and oxygen atoms in total. The van der Waals surface area contributed by atoms with Crippen LogP contribution in [0.5, 0.6) is 5.75 Å². The third-order valence-electron chi connectivity index (χ3n) is 2.97. The highest BCUT2D eigenvalue weighted by molar-refractivity contribution is 9.13. The average Bonchev–Trinajstić information content (AvgIpc) is 2.70. The minimum Gasteiger partial charge on any atom is -0.484 e. The Morgan fingerprint density at radius 2 is 2.06 bits per heavy atom. The van der Waals surface area contributed by atoms with Crippen molar-refractivity contribution in [3.8, 4) is 5.75 Å². The molecule has 1 aromatic carbocycles. The van der Waals surface area contributed by atoms with Crippen LogP contribution >= 0.6 is 43.2 Å². The summed E-state index contributed by atoms with van der Waals surface area (Å²) in [6, 6.07) is 9.71. The van der Waals surface area contributed by atoms with E-state index in [0.717, 1.165) is 24.4 Å². The van der Waals surface area contributed by atoms with Crippen LogP contribution < -0.4 is 4.74 Å². The van der Waals surface area contributed by atoms with Gasteiger partial charge < -0.3 is 9.84 Å². The highest BCUT2D eigenvalue weighted by Crippen LogP contribution is 2.44. The summed E-state index contributed by atoms with van der Waals surface area (Å²) in [5.41, 5.74) is 0.878. The number of aliphatic hydroxyl groups is 1. The maximum absolute atomic E-state index is 10.2. The van der Waals surface area contributed by atoms with Crippen molar-refractivity contribution in [2.24, 2.45) is 0 Å². The number of halogens is 2. The van der Waals surface area contributed by atoms with Crippen molar-refractivity contribution in [2.75, 3.05) is 0 Å². The molecule has 1 aliphatic heterocycles. The van der Waals surface area contributed by atoms with E-state index in [-0.39, 0.29) is 6.10 Å². The summed E-state index contributed by atoms with van der Waals surface area (Å²) < 4.78 is 8.04. The van der Waals surface area contributed by atoms with E-state index in [1.165, 1.54) is 0 Å². The fourth-order valence-electron chi connectivity index (χ4n) is 2.09. The van der Waals surface area contributed by atoms with Crippen LogP contribution in [0, 0.1) is 0 Å². The molecular formula is C13H10Br2O2S. The average molecular weight is 390 g/mol. The summed E-state index contributed by atoms with van der Waals surface area (Å²) >= 11 is 8.59. The summed E-state index contributed by atoms with van der Waals surface area (Å²) in [4.78, 5) is 1.11. The summed E-state index contributed by atoms with van der Waals surface area (Å²) in [7, 11) is 0. The number of rotatable bonds is 1. The summed E-state index contributed by atoms with van der Waals surface area (Å²) in [5.74, 6) is 0.780. The van der Waals surface area contributed by atoms with Gasteiger partial charge in [-0.1, -0.05) is 18.2 Å². The van der Waals surface area contributed by atoms with Gasteiger partial charge in [-0.3, -0.25) is 0 Å². The molecular weight excluding hydrogens is 380 g/mol. The second-order valence-electron chi connectivity index (χ2n) is 4.17. The van der Waals surface area contributed by atoms with Gasteiger partial charge in [-0.2, -0.15) is 0 Å². The van der Waals surface area contributed by atoms with Crippen LogP contribution in [0.15, 0.2) is 38.6 Å². The Balaban J connectivity index is 1.94. The maximum atomic E-state index is 10.2. The van der Waals surface area contributed by atoms with E-state index in [0.29, 0.717) is 6.42 Å². The number of hydrogen-bond donors (Lipinski definition) is 1. The lowest BCUT2D eigenvalue weighted by atomic mass is 9.98. The van der Waals surface area contributed by atoms with E-state index < -0.39 is 6.10 Å². The molecule has 1 aliphatic rings. The van der Waals surface area contributed by atoms with Gasteiger partial charge in [0.2, 0.25) is 0 Å². The fourth-order valence-corrected chi connectivity index (χ4v) is 4.22. The molecule has 0 spiro atoms. The zero-order valence-electron chi connectivity index (χ0n) is 9.27. The molecule has 3 rings (SSSR count). The molecule has 5 heteroatoms. The van der Waals surface area contributed by atoms with E-state index in [2.05, 4.69) is 31.9 Å². The van der Waals surface area contributed by atoms with E-state index in [1.807, 2.05) is 30.3 Å². The first-order chi connectivity index (χ1) is 8.65. The number of para-hydroxylation sites is 1. The minimum atomic E-state index is -0.459. The Hall–Kier alpha value is -0.360. The van der Waals surface area contributed by atoms with E-state index in [1.54, 1.807) is 11.3 Å². The summed E-state index contributed by atoms with van der Waals surface area (Å²) in [5, 5.41) is 10.2. The Morgan fingerprint density at radius 1 is 1.28 bits per heavy atom. The molecule has 0 saturated heterocycles. The molecule has 1 aromatic heterocycles. The zero-order valence-corrected chi connectivity index (χ0v) is 13.3. The Kier molecular flexibility index (Phi) is 3.49.